The Hall–Kier alpha value is -2.13. The summed E-state index contributed by atoms with van der Waals surface area (Å²) in [4.78, 5) is 18.5. The maximum absolute atomic E-state index is 12.7. The zero-order valence-corrected chi connectivity index (χ0v) is 14.1. The number of amides is 1. The van der Waals surface area contributed by atoms with Gasteiger partial charge in [-0.1, -0.05) is 0 Å². The number of alkyl halides is 3. The van der Waals surface area contributed by atoms with E-state index in [0.29, 0.717) is 47.9 Å². The second kappa shape index (κ2) is 7.01. The molecule has 2 aromatic rings. The van der Waals surface area contributed by atoms with Gasteiger partial charge in [0.15, 0.2) is 0 Å². The number of carbonyl (C=O) groups is 1. The maximum atomic E-state index is 12.7. The molecule has 0 N–H and O–H groups in total. The zero-order chi connectivity index (χ0) is 18.0. The van der Waals surface area contributed by atoms with Gasteiger partial charge in [-0.15, -0.1) is 24.5 Å². The standard InChI is InChI=1S/C16H15F3N2O3S/c1-23-8-14-20-12(9-25-14)15(22)21-6-2-3-10-7-11(4-5-13(10)21)24-16(17,18)19/h4-5,7,9H,2-3,6,8H2,1H3. The van der Waals surface area contributed by atoms with Gasteiger partial charge in [0.2, 0.25) is 0 Å². The van der Waals surface area contributed by atoms with E-state index in [1.54, 1.807) is 17.4 Å². The first-order chi connectivity index (χ1) is 11.9. The Bertz CT molecular complexity index is 776. The van der Waals surface area contributed by atoms with Crippen LogP contribution in [-0.2, 0) is 17.8 Å². The number of rotatable bonds is 4. The number of aromatic nitrogens is 1. The van der Waals surface area contributed by atoms with E-state index in [1.165, 1.54) is 29.5 Å². The van der Waals surface area contributed by atoms with Crippen LogP contribution in [0.2, 0.25) is 0 Å². The van der Waals surface area contributed by atoms with Crippen molar-refractivity contribution in [2.24, 2.45) is 0 Å². The maximum Gasteiger partial charge on any atom is 0.573 e. The van der Waals surface area contributed by atoms with Crippen molar-refractivity contribution in [3.63, 3.8) is 0 Å². The fourth-order valence-electron chi connectivity index (χ4n) is 2.72. The average Bonchev–Trinajstić information content (AvgIpc) is 3.01. The number of aryl methyl sites for hydroxylation is 1. The van der Waals surface area contributed by atoms with Gasteiger partial charge in [0, 0.05) is 24.7 Å². The minimum absolute atomic E-state index is 0.274. The molecule has 0 saturated carbocycles. The lowest BCUT2D eigenvalue weighted by atomic mass is 10.0. The Morgan fingerprint density at radius 3 is 2.92 bits per heavy atom. The van der Waals surface area contributed by atoms with Crippen LogP contribution in [0.1, 0.15) is 27.5 Å². The lowest BCUT2D eigenvalue weighted by Gasteiger charge is -2.29. The van der Waals surface area contributed by atoms with Crippen LogP contribution in [0.15, 0.2) is 23.6 Å². The van der Waals surface area contributed by atoms with Gasteiger partial charge >= 0.3 is 6.36 Å². The molecule has 0 bridgehead atoms. The second-order valence-electron chi connectivity index (χ2n) is 5.46. The third-order valence-corrected chi connectivity index (χ3v) is 4.51. The van der Waals surface area contributed by atoms with Crippen LogP contribution in [0, 0.1) is 0 Å². The van der Waals surface area contributed by atoms with Crippen molar-refractivity contribution in [2.75, 3.05) is 18.6 Å². The summed E-state index contributed by atoms with van der Waals surface area (Å²) in [6.45, 7) is 0.815. The molecule has 5 nitrogen and oxygen atoms in total. The van der Waals surface area contributed by atoms with E-state index in [0.717, 1.165) is 0 Å². The number of methoxy groups -OCH3 is 1. The molecule has 0 saturated heterocycles. The molecule has 1 aromatic carbocycles. The SMILES string of the molecule is COCc1nc(C(=O)N2CCCc3cc(OC(F)(F)F)ccc32)cs1. The summed E-state index contributed by atoms with van der Waals surface area (Å²) < 4.78 is 46.0. The summed E-state index contributed by atoms with van der Waals surface area (Å²) in [5.41, 5.74) is 1.54. The molecule has 9 heteroatoms. The van der Waals surface area contributed by atoms with Gasteiger partial charge in [-0.3, -0.25) is 4.79 Å². The van der Waals surface area contributed by atoms with Crippen LogP contribution in [0.5, 0.6) is 5.75 Å². The summed E-state index contributed by atoms with van der Waals surface area (Å²) >= 11 is 1.33. The van der Waals surface area contributed by atoms with E-state index < -0.39 is 6.36 Å². The quantitative estimate of drug-likeness (QED) is 0.820. The fourth-order valence-corrected chi connectivity index (χ4v) is 3.46. The van der Waals surface area contributed by atoms with Crippen molar-refractivity contribution in [3.05, 3.63) is 39.8 Å². The topological polar surface area (TPSA) is 51.7 Å². The minimum Gasteiger partial charge on any atom is -0.406 e. The number of anilines is 1. The largest absolute Gasteiger partial charge is 0.573 e. The molecule has 1 amide bonds. The lowest BCUT2D eigenvalue weighted by molar-refractivity contribution is -0.274. The number of ether oxygens (including phenoxy) is 2. The van der Waals surface area contributed by atoms with Crippen molar-refractivity contribution < 1.29 is 27.4 Å². The number of fused-ring (bicyclic) bond motifs is 1. The van der Waals surface area contributed by atoms with E-state index in [1.807, 2.05) is 0 Å². The van der Waals surface area contributed by atoms with E-state index in [2.05, 4.69) is 9.72 Å². The van der Waals surface area contributed by atoms with Gasteiger partial charge in [0.1, 0.15) is 16.5 Å². The second-order valence-corrected chi connectivity index (χ2v) is 6.40. The first kappa shape index (κ1) is 17.7. The molecule has 2 heterocycles. The highest BCUT2D eigenvalue weighted by molar-refractivity contribution is 7.09. The number of thiazole rings is 1. The smallest absolute Gasteiger partial charge is 0.406 e. The van der Waals surface area contributed by atoms with E-state index in [-0.39, 0.29) is 11.7 Å². The molecular formula is C16H15F3N2O3S. The molecule has 25 heavy (non-hydrogen) atoms. The minimum atomic E-state index is -4.74. The molecule has 1 aliphatic rings. The van der Waals surface area contributed by atoms with Crippen LogP contribution in [-0.4, -0.2) is 30.9 Å². The molecule has 134 valence electrons. The third-order valence-electron chi connectivity index (χ3n) is 3.69. The Labute approximate surface area is 146 Å². The van der Waals surface area contributed by atoms with Crippen LogP contribution >= 0.6 is 11.3 Å². The van der Waals surface area contributed by atoms with Crippen LogP contribution < -0.4 is 9.64 Å². The number of carbonyl (C=O) groups excluding carboxylic acids is 1. The molecule has 0 radical (unpaired) electrons. The van der Waals surface area contributed by atoms with Gasteiger partial charge < -0.3 is 14.4 Å². The number of halogens is 3. The Morgan fingerprint density at radius 2 is 2.20 bits per heavy atom. The van der Waals surface area contributed by atoms with E-state index in [9.17, 15) is 18.0 Å². The summed E-state index contributed by atoms with van der Waals surface area (Å²) in [7, 11) is 1.55. The molecule has 0 atom stereocenters. The Balaban J connectivity index is 1.84. The number of benzene rings is 1. The Kier molecular flexibility index (Phi) is 4.96. The molecule has 1 aliphatic heterocycles. The summed E-state index contributed by atoms with van der Waals surface area (Å²) in [6, 6.07) is 4.03. The first-order valence-electron chi connectivity index (χ1n) is 7.51. The fraction of sp³-hybridized carbons (Fsp3) is 0.375. The van der Waals surface area contributed by atoms with E-state index >= 15 is 0 Å². The highest BCUT2D eigenvalue weighted by atomic mass is 32.1. The number of hydrogen-bond donors (Lipinski definition) is 0. The van der Waals surface area contributed by atoms with Crippen molar-refractivity contribution in [2.45, 2.75) is 25.8 Å². The van der Waals surface area contributed by atoms with Crippen LogP contribution in [0.4, 0.5) is 18.9 Å². The van der Waals surface area contributed by atoms with Gasteiger partial charge in [-0.25, -0.2) is 4.98 Å². The van der Waals surface area contributed by atoms with Crippen molar-refractivity contribution in [1.82, 2.24) is 4.98 Å². The van der Waals surface area contributed by atoms with Crippen LogP contribution in [0.3, 0.4) is 0 Å². The number of nitrogens with zero attached hydrogens (tertiary/aromatic N) is 2. The predicted octanol–water partition coefficient (Wildman–Crippen LogP) is 3.78. The molecule has 0 spiro atoms. The Morgan fingerprint density at radius 1 is 1.40 bits per heavy atom. The predicted molar refractivity (Wildman–Crippen MR) is 85.9 cm³/mol. The van der Waals surface area contributed by atoms with Gasteiger partial charge in [0.05, 0.1) is 6.61 Å². The summed E-state index contributed by atoms with van der Waals surface area (Å²) in [6.07, 6.45) is -3.50. The highest BCUT2D eigenvalue weighted by Crippen LogP contribution is 2.33. The molecule has 0 aliphatic carbocycles. The van der Waals surface area contributed by atoms with Crippen LogP contribution in [0.25, 0.3) is 0 Å². The van der Waals surface area contributed by atoms with Gasteiger partial charge in [0.25, 0.3) is 5.91 Å². The molecular weight excluding hydrogens is 357 g/mol. The van der Waals surface area contributed by atoms with Crippen molar-refractivity contribution >= 4 is 22.9 Å². The molecule has 3 rings (SSSR count). The van der Waals surface area contributed by atoms with Crippen molar-refractivity contribution in [1.29, 1.82) is 0 Å². The van der Waals surface area contributed by atoms with Gasteiger partial charge in [-0.05, 0) is 36.6 Å². The third kappa shape index (κ3) is 4.10. The number of hydrogen-bond acceptors (Lipinski definition) is 5. The van der Waals surface area contributed by atoms with Gasteiger partial charge in [-0.2, -0.15) is 0 Å². The normalized spacial score (nSPS) is 14.3. The summed E-state index contributed by atoms with van der Waals surface area (Å²) in [5, 5.41) is 2.35. The molecule has 1 aromatic heterocycles. The first-order valence-corrected chi connectivity index (χ1v) is 8.39. The highest BCUT2D eigenvalue weighted by Gasteiger charge is 2.32. The molecule has 0 unspecified atom stereocenters. The average molecular weight is 372 g/mol. The zero-order valence-electron chi connectivity index (χ0n) is 13.3. The lowest BCUT2D eigenvalue weighted by Crippen LogP contribution is -2.35. The monoisotopic (exact) mass is 372 g/mol. The van der Waals surface area contributed by atoms with Crippen molar-refractivity contribution in [3.8, 4) is 5.75 Å². The summed E-state index contributed by atoms with van der Waals surface area (Å²) in [5.74, 6) is -0.555. The van der Waals surface area contributed by atoms with E-state index in [4.69, 9.17) is 4.74 Å². The molecule has 0 fully saturated rings.